The van der Waals surface area contributed by atoms with E-state index in [0.717, 1.165) is 12.5 Å². The number of rotatable bonds is 5. The molecular formula is C10H12BrF2NO. The van der Waals surface area contributed by atoms with Gasteiger partial charge in [-0.15, -0.1) is 0 Å². The second-order valence-corrected chi connectivity index (χ2v) is 3.87. The standard InChI is InChI=1S/C10H12BrF2NO/c1-15-4-2-3-14-10-5-7(11)8(12)6-9(10)13/h5-6,14H,2-4H2,1H3. The zero-order valence-electron chi connectivity index (χ0n) is 8.32. The summed E-state index contributed by atoms with van der Waals surface area (Å²) in [6, 6.07) is 2.24. The van der Waals surface area contributed by atoms with Crippen molar-refractivity contribution < 1.29 is 13.5 Å². The van der Waals surface area contributed by atoms with E-state index in [1.807, 2.05) is 0 Å². The van der Waals surface area contributed by atoms with Crippen molar-refractivity contribution in [2.45, 2.75) is 6.42 Å². The fraction of sp³-hybridized carbons (Fsp3) is 0.400. The summed E-state index contributed by atoms with van der Waals surface area (Å²) in [5, 5.41) is 2.86. The molecule has 84 valence electrons. The first-order valence-corrected chi connectivity index (χ1v) is 5.32. The minimum absolute atomic E-state index is 0.248. The summed E-state index contributed by atoms with van der Waals surface area (Å²) >= 11 is 3.00. The van der Waals surface area contributed by atoms with E-state index in [2.05, 4.69) is 21.2 Å². The van der Waals surface area contributed by atoms with E-state index in [-0.39, 0.29) is 4.47 Å². The van der Waals surface area contributed by atoms with Gasteiger partial charge in [-0.2, -0.15) is 0 Å². The molecule has 0 aromatic heterocycles. The van der Waals surface area contributed by atoms with Crippen LogP contribution in [0.15, 0.2) is 16.6 Å². The highest BCUT2D eigenvalue weighted by atomic mass is 79.9. The number of halogens is 3. The molecule has 1 aromatic rings. The molecule has 2 nitrogen and oxygen atoms in total. The second-order valence-electron chi connectivity index (χ2n) is 3.02. The molecule has 0 aliphatic rings. The third-order valence-electron chi connectivity index (χ3n) is 1.85. The van der Waals surface area contributed by atoms with Crippen molar-refractivity contribution in [2.24, 2.45) is 0 Å². The quantitative estimate of drug-likeness (QED) is 0.660. The lowest BCUT2D eigenvalue weighted by Crippen LogP contribution is -2.06. The molecule has 0 bridgehead atoms. The molecule has 0 heterocycles. The van der Waals surface area contributed by atoms with Crippen molar-refractivity contribution in [3.8, 4) is 0 Å². The Labute approximate surface area is 95.8 Å². The van der Waals surface area contributed by atoms with Gasteiger partial charge >= 0.3 is 0 Å². The molecule has 0 saturated carbocycles. The van der Waals surface area contributed by atoms with Crippen molar-refractivity contribution in [3.63, 3.8) is 0 Å². The van der Waals surface area contributed by atoms with E-state index < -0.39 is 11.6 Å². The van der Waals surface area contributed by atoms with Crippen LogP contribution in [0.5, 0.6) is 0 Å². The molecule has 1 aromatic carbocycles. The lowest BCUT2D eigenvalue weighted by Gasteiger charge is -2.08. The van der Waals surface area contributed by atoms with Crippen LogP contribution in [-0.2, 0) is 4.74 Å². The molecule has 5 heteroatoms. The van der Waals surface area contributed by atoms with Gasteiger partial charge in [0, 0.05) is 26.3 Å². The molecule has 0 aliphatic heterocycles. The molecule has 0 saturated heterocycles. The normalized spacial score (nSPS) is 10.4. The van der Waals surface area contributed by atoms with Gasteiger partial charge < -0.3 is 10.1 Å². The number of anilines is 1. The molecule has 0 fully saturated rings. The number of benzene rings is 1. The highest BCUT2D eigenvalue weighted by Crippen LogP contribution is 2.23. The highest BCUT2D eigenvalue weighted by Gasteiger charge is 2.07. The maximum absolute atomic E-state index is 13.2. The van der Waals surface area contributed by atoms with E-state index in [0.29, 0.717) is 18.8 Å². The number of ether oxygens (including phenoxy) is 1. The summed E-state index contributed by atoms with van der Waals surface area (Å²) in [5.74, 6) is -1.19. The van der Waals surface area contributed by atoms with E-state index >= 15 is 0 Å². The van der Waals surface area contributed by atoms with Crippen LogP contribution < -0.4 is 5.32 Å². The molecule has 0 radical (unpaired) electrons. The molecule has 1 rings (SSSR count). The lowest BCUT2D eigenvalue weighted by molar-refractivity contribution is 0.197. The van der Waals surface area contributed by atoms with E-state index in [4.69, 9.17) is 4.74 Å². The Bertz CT molecular complexity index is 333. The maximum atomic E-state index is 13.2. The van der Waals surface area contributed by atoms with Crippen LogP contribution in [0.25, 0.3) is 0 Å². The topological polar surface area (TPSA) is 21.3 Å². The van der Waals surface area contributed by atoms with Crippen molar-refractivity contribution in [2.75, 3.05) is 25.6 Å². The van der Waals surface area contributed by atoms with E-state index in [1.54, 1.807) is 7.11 Å². The van der Waals surface area contributed by atoms with Crippen LogP contribution in [0.4, 0.5) is 14.5 Å². The van der Waals surface area contributed by atoms with Gasteiger partial charge in [0.2, 0.25) is 0 Å². The Morgan fingerprint density at radius 2 is 2.07 bits per heavy atom. The molecule has 1 N–H and O–H groups in total. The predicted molar refractivity (Wildman–Crippen MR) is 59.0 cm³/mol. The highest BCUT2D eigenvalue weighted by molar-refractivity contribution is 9.10. The summed E-state index contributed by atoms with van der Waals surface area (Å²) in [4.78, 5) is 0. The molecule has 15 heavy (non-hydrogen) atoms. The Kier molecular flexibility index (Phi) is 4.98. The largest absolute Gasteiger partial charge is 0.385 e. The van der Waals surface area contributed by atoms with Crippen LogP contribution >= 0.6 is 15.9 Å². The summed E-state index contributed by atoms with van der Waals surface area (Å²) in [7, 11) is 1.61. The zero-order chi connectivity index (χ0) is 11.3. The first-order valence-electron chi connectivity index (χ1n) is 4.52. The van der Waals surface area contributed by atoms with Gasteiger partial charge in [-0.1, -0.05) is 0 Å². The molecule has 0 spiro atoms. The monoisotopic (exact) mass is 279 g/mol. The van der Waals surface area contributed by atoms with Gasteiger partial charge in [-0.05, 0) is 28.4 Å². The van der Waals surface area contributed by atoms with E-state index in [1.165, 1.54) is 6.07 Å². The Balaban J connectivity index is 2.57. The molecular weight excluding hydrogens is 268 g/mol. The Hall–Kier alpha value is -0.680. The van der Waals surface area contributed by atoms with Crippen LogP contribution in [0, 0.1) is 11.6 Å². The van der Waals surface area contributed by atoms with Crippen molar-refractivity contribution in [1.82, 2.24) is 0 Å². The number of nitrogens with one attached hydrogen (secondary N) is 1. The second kappa shape index (κ2) is 6.02. The zero-order valence-corrected chi connectivity index (χ0v) is 9.90. The van der Waals surface area contributed by atoms with Crippen molar-refractivity contribution >= 4 is 21.6 Å². The summed E-state index contributed by atoms with van der Waals surface area (Å²) in [5.41, 5.74) is 0.291. The summed E-state index contributed by atoms with van der Waals surface area (Å²) < 4.78 is 31.2. The molecule has 0 aliphatic carbocycles. The van der Waals surface area contributed by atoms with Crippen LogP contribution in [0.3, 0.4) is 0 Å². The smallest absolute Gasteiger partial charge is 0.149 e. The SMILES string of the molecule is COCCCNc1cc(Br)c(F)cc1F. The molecule has 0 atom stereocenters. The Morgan fingerprint density at radius 3 is 2.73 bits per heavy atom. The predicted octanol–water partition coefficient (Wildman–Crippen LogP) is 3.18. The number of hydrogen-bond donors (Lipinski definition) is 1. The fourth-order valence-electron chi connectivity index (χ4n) is 1.10. The number of hydrogen-bond acceptors (Lipinski definition) is 2. The van der Waals surface area contributed by atoms with Gasteiger partial charge in [0.25, 0.3) is 0 Å². The third kappa shape index (κ3) is 3.76. The van der Waals surface area contributed by atoms with Crippen LogP contribution in [0.2, 0.25) is 0 Å². The first kappa shape index (κ1) is 12.4. The summed E-state index contributed by atoms with van der Waals surface area (Å²) in [6.45, 7) is 1.19. The van der Waals surface area contributed by atoms with Crippen LogP contribution in [0.1, 0.15) is 6.42 Å². The van der Waals surface area contributed by atoms with Gasteiger partial charge in [0.15, 0.2) is 0 Å². The van der Waals surface area contributed by atoms with Gasteiger partial charge in [-0.3, -0.25) is 0 Å². The average molecular weight is 280 g/mol. The third-order valence-corrected chi connectivity index (χ3v) is 2.46. The minimum atomic E-state index is -0.602. The van der Waals surface area contributed by atoms with Gasteiger partial charge in [0.05, 0.1) is 10.2 Å². The molecule has 0 amide bonds. The number of methoxy groups -OCH3 is 1. The molecule has 0 unspecified atom stereocenters. The lowest BCUT2D eigenvalue weighted by atomic mass is 10.3. The van der Waals surface area contributed by atoms with Gasteiger partial charge in [0.1, 0.15) is 11.6 Å². The first-order chi connectivity index (χ1) is 7.15. The van der Waals surface area contributed by atoms with E-state index in [9.17, 15) is 8.78 Å². The van der Waals surface area contributed by atoms with Crippen molar-refractivity contribution in [3.05, 3.63) is 28.2 Å². The fourth-order valence-corrected chi connectivity index (χ4v) is 1.44. The average Bonchev–Trinajstić information content (AvgIpc) is 2.20. The van der Waals surface area contributed by atoms with Crippen LogP contribution in [-0.4, -0.2) is 20.3 Å². The minimum Gasteiger partial charge on any atom is -0.385 e. The Morgan fingerprint density at radius 1 is 1.33 bits per heavy atom. The maximum Gasteiger partial charge on any atom is 0.149 e. The van der Waals surface area contributed by atoms with Gasteiger partial charge in [-0.25, -0.2) is 8.78 Å². The van der Waals surface area contributed by atoms with Crippen molar-refractivity contribution in [1.29, 1.82) is 0 Å². The summed E-state index contributed by atoms with van der Waals surface area (Å²) in [6.07, 6.45) is 0.769.